The molecular weight excluding hydrogens is 178 g/mol. The maximum absolute atomic E-state index is 8.60. The molecular formula is C7H12ClN3O. The van der Waals surface area contributed by atoms with Crippen LogP contribution in [0.1, 0.15) is 30.4 Å². The monoisotopic (exact) mass is 189 g/mol. The van der Waals surface area contributed by atoms with Crippen LogP contribution in [0.5, 0.6) is 0 Å². The molecule has 4 nitrogen and oxygen atoms in total. The molecule has 0 unspecified atom stereocenters. The standard InChI is InChI=1S/C7H11N3O.ClH/c11-4-3-6-8-7(10-9-6)5-1-2-5;/h5,11H,1-4H2,(H,8,9,10);1H. The largest absolute Gasteiger partial charge is 0.396 e. The van der Waals surface area contributed by atoms with Gasteiger partial charge in [-0.3, -0.25) is 5.10 Å². The van der Waals surface area contributed by atoms with Gasteiger partial charge in [-0.2, -0.15) is 5.10 Å². The van der Waals surface area contributed by atoms with Gasteiger partial charge in [-0.1, -0.05) is 0 Å². The maximum Gasteiger partial charge on any atom is 0.153 e. The number of nitrogens with one attached hydrogen (secondary N) is 1. The lowest BCUT2D eigenvalue weighted by Gasteiger charge is -1.86. The molecule has 1 fully saturated rings. The fourth-order valence-corrected chi connectivity index (χ4v) is 1.05. The number of nitrogens with zero attached hydrogens (tertiary/aromatic N) is 2. The number of aromatic amines is 1. The predicted octanol–water partition coefficient (Wildman–Crippen LogP) is 0.639. The number of aliphatic hydroxyl groups excluding tert-OH is 1. The Morgan fingerprint density at radius 2 is 2.25 bits per heavy atom. The third-order valence-electron chi connectivity index (χ3n) is 1.84. The van der Waals surface area contributed by atoms with Gasteiger partial charge in [-0.25, -0.2) is 4.98 Å². The van der Waals surface area contributed by atoms with E-state index in [2.05, 4.69) is 15.2 Å². The Balaban J connectivity index is 0.000000720. The predicted molar refractivity (Wildman–Crippen MR) is 46.4 cm³/mol. The quantitative estimate of drug-likeness (QED) is 0.734. The van der Waals surface area contributed by atoms with E-state index in [0.717, 1.165) is 11.6 Å². The zero-order valence-electron chi connectivity index (χ0n) is 6.66. The number of rotatable bonds is 3. The molecule has 2 rings (SSSR count). The van der Waals surface area contributed by atoms with Crippen LogP contribution in [-0.2, 0) is 6.42 Å². The molecule has 0 radical (unpaired) electrons. The van der Waals surface area contributed by atoms with Gasteiger partial charge < -0.3 is 5.11 Å². The van der Waals surface area contributed by atoms with E-state index in [9.17, 15) is 0 Å². The Morgan fingerprint density at radius 1 is 1.50 bits per heavy atom. The average molecular weight is 190 g/mol. The van der Waals surface area contributed by atoms with Crippen molar-refractivity contribution < 1.29 is 5.11 Å². The van der Waals surface area contributed by atoms with Gasteiger partial charge in [0.25, 0.3) is 0 Å². The lowest BCUT2D eigenvalue weighted by Crippen LogP contribution is -1.92. The molecule has 0 amide bonds. The van der Waals surface area contributed by atoms with Crippen molar-refractivity contribution >= 4 is 12.4 Å². The van der Waals surface area contributed by atoms with E-state index in [1.807, 2.05) is 0 Å². The van der Waals surface area contributed by atoms with Crippen molar-refractivity contribution in [3.63, 3.8) is 0 Å². The van der Waals surface area contributed by atoms with Gasteiger partial charge in [0, 0.05) is 12.3 Å². The van der Waals surface area contributed by atoms with Crippen LogP contribution < -0.4 is 0 Å². The molecule has 0 bridgehead atoms. The van der Waals surface area contributed by atoms with Crippen LogP contribution in [0.25, 0.3) is 0 Å². The topological polar surface area (TPSA) is 61.8 Å². The van der Waals surface area contributed by atoms with E-state index in [1.54, 1.807) is 0 Å². The molecule has 1 aliphatic carbocycles. The van der Waals surface area contributed by atoms with Crippen molar-refractivity contribution in [2.75, 3.05) is 6.61 Å². The Morgan fingerprint density at radius 3 is 2.83 bits per heavy atom. The summed E-state index contributed by atoms with van der Waals surface area (Å²) in [6.45, 7) is 0.138. The summed E-state index contributed by atoms with van der Waals surface area (Å²) in [6.07, 6.45) is 3.02. The summed E-state index contributed by atoms with van der Waals surface area (Å²) in [6, 6.07) is 0. The van der Waals surface area contributed by atoms with E-state index in [-0.39, 0.29) is 19.0 Å². The Hall–Kier alpha value is -0.610. The number of aliphatic hydroxyl groups is 1. The minimum absolute atomic E-state index is 0. The van der Waals surface area contributed by atoms with Gasteiger partial charge in [0.1, 0.15) is 5.82 Å². The molecule has 68 valence electrons. The van der Waals surface area contributed by atoms with Crippen molar-refractivity contribution in [2.45, 2.75) is 25.2 Å². The molecule has 1 aromatic rings. The van der Waals surface area contributed by atoms with Crippen molar-refractivity contribution in [3.05, 3.63) is 11.6 Å². The Kier molecular flexibility index (Phi) is 3.05. The highest BCUT2D eigenvalue weighted by atomic mass is 35.5. The second-order valence-electron chi connectivity index (χ2n) is 2.89. The van der Waals surface area contributed by atoms with Crippen LogP contribution in [0, 0.1) is 0 Å². The van der Waals surface area contributed by atoms with Crippen molar-refractivity contribution in [2.24, 2.45) is 0 Å². The van der Waals surface area contributed by atoms with E-state index < -0.39 is 0 Å². The first-order valence-corrected chi connectivity index (χ1v) is 3.92. The number of hydrogen-bond acceptors (Lipinski definition) is 3. The minimum atomic E-state index is 0. The zero-order chi connectivity index (χ0) is 7.68. The number of halogens is 1. The SMILES string of the molecule is Cl.OCCc1nc(C2CC2)n[nH]1. The molecule has 5 heteroatoms. The highest BCUT2D eigenvalue weighted by Crippen LogP contribution is 2.37. The third kappa shape index (κ3) is 1.95. The van der Waals surface area contributed by atoms with Gasteiger partial charge in [0.05, 0.1) is 6.61 Å². The third-order valence-corrected chi connectivity index (χ3v) is 1.84. The highest BCUT2D eigenvalue weighted by molar-refractivity contribution is 5.85. The first kappa shape index (κ1) is 9.48. The number of aromatic nitrogens is 3. The first-order chi connectivity index (χ1) is 5.40. The van der Waals surface area contributed by atoms with Gasteiger partial charge in [-0.05, 0) is 12.8 Å². The number of hydrogen-bond donors (Lipinski definition) is 2. The summed E-state index contributed by atoms with van der Waals surface area (Å²) in [7, 11) is 0. The second-order valence-corrected chi connectivity index (χ2v) is 2.89. The zero-order valence-corrected chi connectivity index (χ0v) is 7.47. The molecule has 1 heterocycles. The summed E-state index contributed by atoms with van der Waals surface area (Å²) in [5, 5.41) is 15.5. The summed E-state index contributed by atoms with van der Waals surface area (Å²) < 4.78 is 0. The summed E-state index contributed by atoms with van der Waals surface area (Å²) in [5.41, 5.74) is 0. The second kappa shape index (κ2) is 3.87. The lowest BCUT2D eigenvalue weighted by atomic mass is 10.4. The summed E-state index contributed by atoms with van der Waals surface area (Å²) >= 11 is 0. The van der Waals surface area contributed by atoms with E-state index in [0.29, 0.717) is 12.3 Å². The van der Waals surface area contributed by atoms with Crippen LogP contribution in [0.4, 0.5) is 0 Å². The summed E-state index contributed by atoms with van der Waals surface area (Å²) in [4.78, 5) is 4.24. The molecule has 1 saturated carbocycles. The molecule has 0 aliphatic heterocycles. The molecule has 0 aromatic carbocycles. The van der Waals surface area contributed by atoms with Gasteiger partial charge in [-0.15, -0.1) is 12.4 Å². The van der Waals surface area contributed by atoms with E-state index in [4.69, 9.17) is 5.11 Å². The molecule has 0 saturated heterocycles. The van der Waals surface area contributed by atoms with E-state index >= 15 is 0 Å². The fraction of sp³-hybridized carbons (Fsp3) is 0.714. The van der Waals surface area contributed by atoms with Crippen LogP contribution >= 0.6 is 12.4 Å². The van der Waals surface area contributed by atoms with Crippen molar-refractivity contribution in [1.29, 1.82) is 0 Å². The molecule has 1 aromatic heterocycles. The van der Waals surface area contributed by atoms with Crippen LogP contribution in [0.3, 0.4) is 0 Å². The molecule has 0 spiro atoms. The Bertz CT molecular complexity index is 247. The molecule has 12 heavy (non-hydrogen) atoms. The molecule has 0 atom stereocenters. The Labute approximate surface area is 76.8 Å². The smallest absolute Gasteiger partial charge is 0.153 e. The maximum atomic E-state index is 8.60. The lowest BCUT2D eigenvalue weighted by molar-refractivity contribution is 0.296. The van der Waals surface area contributed by atoms with Gasteiger partial charge >= 0.3 is 0 Å². The van der Waals surface area contributed by atoms with Crippen LogP contribution in [0.2, 0.25) is 0 Å². The van der Waals surface area contributed by atoms with Gasteiger partial charge in [0.2, 0.25) is 0 Å². The van der Waals surface area contributed by atoms with Gasteiger partial charge in [0.15, 0.2) is 5.82 Å². The highest BCUT2D eigenvalue weighted by Gasteiger charge is 2.27. The normalized spacial score (nSPS) is 15.8. The summed E-state index contributed by atoms with van der Waals surface area (Å²) in [5.74, 6) is 2.32. The average Bonchev–Trinajstić information content (AvgIpc) is 2.75. The fourth-order valence-electron chi connectivity index (χ4n) is 1.05. The first-order valence-electron chi connectivity index (χ1n) is 3.92. The molecule has 2 N–H and O–H groups in total. The van der Waals surface area contributed by atoms with Crippen LogP contribution in [0.15, 0.2) is 0 Å². The van der Waals surface area contributed by atoms with Crippen molar-refractivity contribution in [1.82, 2.24) is 15.2 Å². The van der Waals surface area contributed by atoms with Crippen LogP contribution in [-0.4, -0.2) is 26.9 Å². The molecule has 1 aliphatic rings. The minimum Gasteiger partial charge on any atom is -0.396 e. The van der Waals surface area contributed by atoms with Crippen molar-refractivity contribution in [3.8, 4) is 0 Å². The number of H-pyrrole nitrogens is 1. The van der Waals surface area contributed by atoms with E-state index in [1.165, 1.54) is 12.8 Å².